The minimum absolute atomic E-state index is 0.199. The van der Waals surface area contributed by atoms with Crippen molar-refractivity contribution in [2.45, 2.75) is 38.4 Å². The van der Waals surface area contributed by atoms with Gasteiger partial charge in [0.25, 0.3) is 0 Å². The minimum Gasteiger partial charge on any atom is -0.479 e. The van der Waals surface area contributed by atoms with Crippen LogP contribution in [0.1, 0.15) is 26.2 Å². The van der Waals surface area contributed by atoms with Gasteiger partial charge >= 0.3 is 5.97 Å². The average molecular weight is 201 g/mol. The summed E-state index contributed by atoms with van der Waals surface area (Å²) in [6, 6.07) is 0. The van der Waals surface area contributed by atoms with E-state index in [4.69, 9.17) is 9.84 Å². The van der Waals surface area contributed by atoms with Gasteiger partial charge in [-0.1, -0.05) is 6.92 Å². The largest absolute Gasteiger partial charge is 0.479 e. The Morgan fingerprint density at radius 3 is 2.57 bits per heavy atom. The van der Waals surface area contributed by atoms with Crippen molar-refractivity contribution in [3.63, 3.8) is 0 Å². The zero-order valence-electron chi connectivity index (χ0n) is 8.16. The van der Waals surface area contributed by atoms with Gasteiger partial charge in [-0.05, 0) is 19.3 Å². The van der Waals surface area contributed by atoms with Crippen molar-refractivity contribution in [2.75, 3.05) is 6.54 Å². The molecule has 0 aromatic carbocycles. The molecule has 14 heavy (non-hydrogen) atoms. The predicted octanol–water partition coefficient (Wildman–Crippen LogP) is 0.145. The second kappa shape index (κ2) is 4.95. The summed E-state index contributed by atoms with van der Waals surface area (Å²) in [5.74, 6) is -1.19. The highest BCUT2D eigenvalue weighted by atomic mass is 16.5. The van der Waals surface area contributed by atoms with Crippen molar-refractivity contribution in [1.29, 1.82) is 0 Å². The maximum Gasteiger partial charge on any atom is 0.332 e. The van der Waals surface area contributed by atoms with E-state index in [0.717, 1.165) is 6.42 Å². The molecular formula is C9H15NO4. The van der Waals surface area contributed by atoms with Crippen molar-refractivity contribution in [1.82, 2.24) is 5.32 Å². The summed E-state index contributed by atoms with van der Waals surface area (Å²) in [5.41, 5.74) is 0. The van der Waals surface area contributed by atoms with Crippen molar-refractivity contribution in [3.05, 3.63) is 0 Å². The Kier molecular flexibility index (Phi) is 3.88. The number of ether oxygens (including phenoxy) is 1. The van der Waals surface area contributed by atoms with Gasteiger partial charge in [0.05, 0.1) is 0 Å². The van der Waals surface area contributed by atoms with Gasteiger partial charge in [0.15, 0.2) is 6.10 Å². The van der Waals surface area contributed by atoms with E-state index in [1.165, 1.54) is 0 Å². The molecule has 0 aromatic heterocycles. The fraction of sp³-hybridized carbons (Fsp3) is 0.778. The summed E-state index contributed by atoms with van der Waals surface area (Å²) in [7, 11) is 0. The molecule has 1 fully saturated rings. The second-order valence-electron chi connectivity index (χ2n) is 3.32. The topological polar surface area (TPSA) is 75.6 Å². The van der Waals surface area contributed by atoms with Crippen LogP contribution in [-0.2, 0) is 14.3 Å². The molecule has 1 rings (SSSR count). The van der Waals surface area contributed by atoms with Crippen molar-refractivity contribution in [3.8, 4) is 0 Å². The monoisotopic (exact) mass is 201 g/mol. The Labute approximate surface area is 82.4 Å². The molecule has 1 amide bonds. The molecule has 2 atom stereocenters. The summed E-state index contributed by atoms with van der Waals surface area (Å²) in [6.45, 7) is 2.56. The highest BCUT2D eigenvalue weighted by molar-refractivity contribution is 5.82. The molecule has 80 valence electrons. The second-order valence-corrected chi connectivity index (χ2v) is 3.32. The van der Waals surface area contributed by atoms with Crippen LogP contribution in [0.2, 0.25) is 0 Å². The number of carboxylic acid groups (broad SMARTS) is 1. The number of amides is 1. The van der Waals surface area contributed by atoms with Crippen LogP contribution in [0.3, 0.4) is 0 Å². The van der Waals surface area contributed by atoms with Crippen LogP contribution in [-0.4, -0.2) is 35.7 Å². The van der Waals surface area contributed by atoms with E-state index in [2.05, 4.69) is 5.32 Å². The normalized spacial score (nSPS) is 26.1. The Balaban J connectivity index is 2.34. The molecular weight excluding hydrogens is 186 g/mol. The van der Waals surface area contributed by atoms with Crippen LogP contribution in [0.15, 0.2) is 0 Å². The number of carboxylic acids is 1. The van der Waals surface area contributed by atoms with Crippen LogP contribution in [0.25, 0.3) is 0 Å². The van der Waals surface area contributed by atoms with E-state index >= 15 is 0 Å². The minimum atomic E-state index is -0.990. The molecule has 1 saturated heterocycles. The fourth-order valence-corrected chi connectivity index (χ4v) is 1.37. The first kappa shape index (κ1) is 11.0. The first-order valence-corrected chi connectivity index (χ1v) is 4.81. The van der Waals surface area contributed by atoms with Crippen LogP contribution >= 0.6 is 0 Å². The molecule has 1 aliphatic rings. The third-order valence-corrected chi connectivity index (χ3v) is 2.14. The van der Waals surface area contributed by atoms with Gasteiger partial charge in [0.2, 0.25) is 5.91 Å². The van der Waals surface area contributed by atoms with Gasteiger partial charge in [-0.3, -0.25) is 4.79 Å². The SMILES string of the molecule is CCCNC(=O)C1CCC(C(=O)O)O1. The maximum absolute atomic E-state index is 11.3. The first-order valence-electron chi connectivity index (χ1n) is 4.81. The Hall–Kier alpha value is -1.10. The predicted molar refractivity (Wildman–Crippen MR) is 48.8 cm³/mol. The van der Waals surface area contributed by atoms with Crippen LogP contribution < -0.4 is 5.32 Å². The van der Waals surface area contributed by atoms with E-state index in [9.17, 15) is 9.59 Å². The zero-order chi connectivity index (χ0) is 10.6. The van der Waals surface area contributed by atoms with Gasteiger partial charge in [-0.2, -0.15) is 0 Å². The van der Waals surface area contributed by atoms with Gasteiger partial charge < -0.3 is 15.2 Å². The molecule has 0 saturated carbocycles. The third kappa shape index (κ3) is 2.70. The lowest BCUT2D eigenvalue weighted by Crippen LogP contribution is -2.35. The molecule has 0 radical (unpaired) electrons. The molecule has 0 aliphatic carbocycles. The van der Waals surface area contributed by atoms with Crippen molar-refractivity contribution < 1.29 is 19.4 Å². The summed E-state index contributed by atoms with van der Waals surface area (Å²) < 4.78 is 5.07. The molecule has 1 aliphatic heterocycles. The lowest BCUT2D eigenvalue weighted by molar-refractivity contribution is -0.151. The number of carbonyl (C=O) groups is 2. The zero-order valence-corrected chi connectivity index (χ0v) is 8.16. The van der Waals surface area contributed by atoms with Crippen LogP contribution in [0.4, 0.5) is 0 Å². The Morgan fingerprint density at radius 1 is 1.43 bits per heavy atom. The molecule has 0 spiro atoms. The Morgan fingerprint density at radius 2 is 2.07 bits per heavy atom. The number of aliphatic carboxylic acids is 1. The van der Waals surface area contributed by atoms with E-state index in [1.54, 1.807) is 0 Å². The van der Waals surface area contributed by atoms with Crippen LogP contribution in [0.5, 0.6) is 0 Å². The smallest absolute Gasteiger partial charge is 0.332 e. The number of rotatable bonds is 4. The van der Waals surface area contributed by atoms with E-state index in [-0.39, 0.29) is 5.91 Å². The molecule has 2 N–H and O–H groups in total. The van der Waals surface area contributed by atoms with Crippen LogP contribution in [0, 0.1) is 0 Å². The fourth-order valence-electron chi connectivity index (χ4n) is 1.37. The van der Waals surface area contributed by atoms with E-state index in [0.29, 0.717) is 19.4 Å². The molecule has 0 aromatic rings. The van der Waals surface area contributed by atoms with Gasteiger partial charge in [0.1, 0.15) is 6.10 Å². The molecule has 5 heteroatoms. The van der Waals surface area contributed by atoms with Gasteiger partial charge in [-0.15, -0.1) is 0 Å². The summed E-state index contributed by atoms with van der Waals surface area (Å²) in [6.07, 6.45) is 0.377. The lowest BCUT2D eigenvalue weighted by Gasteiger charge is -2.10. The van der Waals surface area contributed by atoms with Crippen molar-refractivity contribution in [2.24, 2.45) is 0 Å². The summed E-state index contributed by atoms with van der Waals surface area (Å²) >= 11 is 0. The van der Waals surface area contributed by atoms with Gasteiger partial charge in [0, 0.05) is 6.54 Å². The standard InChI is InChI=1S/C9H15NO4/c1-2-5-10-8(11)6-3-4-7(14-6)9(12)13/h6-7H,2-5H2,1H3,(H,10,11)(H,12,13). The number of carbonyl (C=O) groups excluding carboxylic acids is 1. The molecule has 0 bridgehead atoms. The van der Waals surface area contributed by atoms with Crippen molar-refractivity contribution >= 4 is 11.9 Å². The molecule has 1 heterocycles. The Bertz CT molecular complexity index is 229. The summed E-state index contributed by atoms with van der Waals surface area (Å²) in [4.78, 5) is 21.9. The number of hydrogen-bond donors (Lipinski definition) is 2. The van der Waals surface area contributed by atoms with Gasteiger partial charge in [-0.25, -0.2) is 4.79 Å². The highest BCUT2D eigenvalue weighted by Gasteiger charge is 2.34. The number of hydrogen-bond acceptors (Lipinski definition) is 3. The summed E-state index contributed by atoms with van der Waals surface area (Å²) in [5, 5.41) is 11.3. The molecule has 5 nitrogen and oxygen atoms in total. The number of nitrogens with one attached hydrogen (secondary N) is 1. The van der Waals surface area contributed by atoms with E-state index < -0.39 is 18.2 Å². The molecule has 2 unspecified atom stereocenters. The maximum atomic E-state index is 11.3. The third-order valence-electron chi connectivity index (χ3n) is 2.14. The first-order chi connectivity index (χ1) is 6.65. The van der Waals surface area contributed by atoms with E-state index in [1.807, 2.05) is 6.92 Å². The highest BCUT2D eigenvalue weighted by Crippen LogP contribution is 2.19. The lowest BCUT2D eigenvalue weighted by atomic mass is 10.2. The quantitative estimate of drug-likeness (QED) is 0.678. The average Bonchev–Trinajstić information content (AvgIpc) is 2.62.